The van der Waals surface area contributed by atoms with E-state index >= 15 is 0 Å². The first-order valence-electron chi connectivity index (χ1n) is 6.61. The van der Waals surface area contributed by atoms with E-state index in [1.165, 1.54) is 51.0 Å². The summed E-state index contributed by atoms with van der Waals surface area (Å²) in [5.74, 6) is 0. The summed E-state index contributed by atoms with van der Waals surface area (Å²) < 4.78 is 0. The van der Waals surface area contributed by atoms with Crippen LogP contribution >= 0.6 is 8.58 Å². The molecule has 1 saturated heterocycles. The zero-order valence-corrected chi connectivity index (χ0v) is 11.9. The molecule has 0 atom stereocenters. The van der Waals surface area contributed by atoms with E-state index < -0.39 is 0 Å². The minimum absolute atomic E-state index is 0.971. The van der Waals surface area contributed by atoms with E-state index in [0.29, 0.717) is 0 Å². The first-order valence-corrected chi connectivity index (χ1v) is 8.02. The summed E-state index contributed by atoms with van der Waals surface area (Å²) in [7, 11) is 1.25. The molecule has 0 aliphatic carbocycles. The van der Waals surface area contributed by atoms with Crippen molar-refractivity contribution >= 4 is 15.3 Å². The number of hydrogen-bond donors (Lipinski definition) is 0. The average molecular weight is 234 g/mol. The van der Waals surface area contributed by atoms with Crippen LogP contribution in [0.25, 0.3) is 0 Å². The third kappa shape index (κ3) is 4.70. The molecule has 0 bridgehead atoms. The van der Waals surface area contributed by atoms with E-state index in [2.05, 4.69) is 31.2 Å². The second-order valence-corrected chi connectivity index (χ2v) is 5.88. The Bertz CT molecular complexity index is 275. The van der Waals surface area contributed by atoms with E-state index in [4.69, 9.17) is 0 Å². The van der Waals surface area contributed by atoms with Crippen LogP contribution < -0.4 is 0 Å². The van der Waals surface area contributed by atoms with Gasteiger partial charge in [-0.2, -0.15) is 0 Å². The van der Waals surface area contributed by atoms with E-state index in [-0.39, 0.29) is 0 Å². The van der Waals surface area contributed by atoms with Crippen LogP contribution in [0.2, 0.25) is 12.6 Å². The summed E-state index contributed by atoms with van der Waals surface area (Å²) in [5, 5.41) is 0. The van der Waals surface area contributed by atoms with Crippen LogP contribution in [-0.4, -0.2) is 19.0 Å². The van der Waals surface area contributed by atoms with Crippen LogP contribution in [0, 0.1) is 6.92 Å². The maximum atomic E-state index is 2.30. The first kappa shape index (κ1) is 13.8. The summed E-state index contributed by atoms with van der Waals surface area (Å²) in [6.07, 6.45) is 7.20. The molecule has 0 unspecified atom stereocenters. The molecule has 0 N–H and O–H groups in total. The largest absolute Gasteiger partial charge is 0.145 e. The van der Waals surface area contributed by atoms with Crippen LogP contribution in [-0.2, 0) is 6.32 Å². The van der Waals surface area contributed by atoms with Gasteiger partial charge < -0.3 is 0 Å². The molecule has 2 rings (SSSR count). The molecule has 1 fully saturated rings. The van der Waals surface area contributed by atoms with Gasteiger partial charge in [0, 0.05) is 0 Å². The van der Waals surface area contributed by atoms with Crippen LogP contribution in [0.3, 0.4) is 0 Å². The molecule has 1 aromatic rings. The SMILES string of the molecule is CC.Cc1ccc(CB2CCPCC2)cc1. The Hall–Kier alpha value is -0.285. The summed E-state index contributed by atoms with van der Waals surface area (Å²) in [5.41, 5.74) is 2.91. The van der Waals surface area contributed by atoms with E-state index in [1.807, 2.05) is 13.8 Å². The molecule has 0 radical (unpaired) electrons. The van der Waals surface area contributed by atoms with Gasteiger partial charge in [0.1, 0.15) is 6.71 Å². The maximum Gasteiger partial charge on any atom is 0.145 e. The fourth-order valence-corrected chi connectivity index (χ4v) is 3.62. The highest BCUT2D eigenvalue weighted by atomic mass is 31.1. The monoisotopic (exact) mass is 234 g/mol. The fraction of sp³-hybridized carbons (Fsp3) is 0.571. The van der Waals surface area contributed by atoms with Crippen LogP contribution in [0.5, 0.6) is 0 Å². The van der Waals surface area contributed by atoms with Crippen molar-refractivity contribution in [3.8, 4) is 0 Å². The van der Waals surface area contributed by atoms with Crippen molar-refractivity contribution in [3.05, 3.63) is 35.4 Å². The van der Waals surface area contributed by atoms with Gasteiger partial charge in [-0.25, -0.2) is 0 Å². The molecule has 0 aromatic heterocycles. The van der Waals surface area contributed by atoms with Gasteiger partial charge in [-0.3, -0.25) is 0 Å². The Morgan fingerprint density at radius 3 is 2.19 bits per heavy atom. The Morgan fingerprint density at radius 1 is 1.06 bits per heavy atom. The molecule has 2 heteroatoms. The van der Waals surface area contributed by atoms with Crippen molar-refractivity contribution in [1.82, 2.24) is 0 Å². The van der Waals surface area contributed by atoms with Gasteiger partial charge in [0.15, 0.2) is 0 Å². The minimum atomic E-state index is 0.971. The molecule has 0 nitrogen and oxygen atoms in total. The molecule has 16 heavy (non-hydrogen) atoms. The normalized spacial score (nSPS) is 15.3. The lowest BCUT2D eigenvalue weighted by molar-refractivity contribution is 1.19. The smallest absolute Gasteiger partial charge is 0.123 e. The van der Waals surface area contributed by atoms with Gasteiger partial charge >= 0.3 is 0 Å². The zero-order valence-electron chi connectivity index (χ0n) is 10.9. The molecule has 0 spiro atoms. The quantitative estimate of drug-likeness (QED) is 0.529. The average Bonchev–Trinajstić information content (AvgIpc) is 2.36. The standard InChI is InChI=1S/C12H18BP.C2H6/c1-11-2-4-12(5-3-11)10-13-6-8-14-9-7-13;1-2/h2-5,14H,6-10H2,1H3;1-2H3. The molecule has 1 aliphatic rings. The Balaban J connectivity index is 0.000000606. The van der Waals surface area contributed by atoms with E-state index in [9.17, 15) is 0 Å². The Labute approximate surface area is 103 Å². The van der Waals surface area contributed by atoms with Crippen molar-refractivity contribution in [1.29, 1.82) is 0 Å². The molecule has 1 aliphatic heterocycles. The van der Waals surface area contributed by atoms with Crippen molar-refractivity contribution in [2.24, 2.45) is 0 Å². The highest BCUT2D eigenvalue weighted by Crippen LogP contribution is 2.25. The molecule has 88 valence electrons. The van der Waals surface area contributed by atoms with Crippen molar-refractivity contribution in [2.75, 3.05) is 12.3 Å². The van der Waals surface area contributed by atoms with E-state index in [1.54, 1.807) is 0 Å². The zero-order chi connectivity index (χ0) is 11.8. The molecule has 0 saturated carbocycles. The highest BCUT2D eigenvalue weighted by Gasteiger charge is 2.17. The molecule has 1 heterocycles. The van der Waals surface area contributed by atoms with Crippen LogP contribution in [0.1, 0.15) is 25.0 Å². The van der Waals surface area contributed by atoms with Gasteiger partial charge in [0.05, 0.1) is 0 Å². The number of benzene rings is 1. The highest BCUT2D eigenvalue weighted by molar-refractivity contribution is 7.38. The second-order valence-electron chi connectivity index (χ2n) is 4.38. The van der Waals surface area contributed by atoms with Crippen LogP contribution in [0.15, 0.2) is 24.3 Å². The third-order valence-corrected chi connectivity index (χ3v) is 4.39. The molecular weight excluding hydrogens is 210 g/mol. The van der Waals surface area contributed by atoms with Gasteiger partial charge in [-0.15, -0.1) is 8.58 Å². The molecular formula is C14H24BP. The van der Waals surface area contributed by atoms with Gasteiger partial charge in [0.25, 0.3) is 0 Å². The van der Waals surface area contributed by atoms with Gasteiger partial charge in [-0.05, 0) is 25.6 Å². The van der Waals surface area contributed by atoms with Crippen LogP contribution in [0.4, 0.5) is 0 Å². The van der Waals surface area contributed by atoms with Crippen molar-refractivity contribution < 1.29 is 0 Å². The number of rotatable bonds is 2. The summed E-state index contributed by atoms with van der Waals surface area (Å²) in [6, 6.07) is 9.07. The minimum Gasteiger partial charge on any atom is -0.123 e. The topological polar surface area (TPSA) is 0 Å². The maximum absolute atomic E-state index is 2.30. The predicted molar refractivity (Wildman–Crippen MR) is 79.6 cm³/mol. The fourth-order valence-electron chi connectivity index (χ4n) is 2.14. The Morgan fingerprint density at radius 2 is 1.62 bits per heavy atom. The van der Waals surface area contributed by atoms with E-state index in [0.717, 1.165) is 6.71 Å². The number of aryl methyl sites for hydroxylation is 1. The van der Waals surface area contributed by atoms with Gasteiger partial charge in [-0.1, -0.05) is 61.9 Å². The second kappa shape index (κ2) is 7.90. The lowest BCUT2D eigenvalue weighted by Crippen LogP contribution is -2.21. The molecule has 1 aromatic carbocycles. The number of hydrogen-bond acceptors (Lipinski definition) is 0. The molecule has 0 amide bonds. The van der Waals surface area contributed by atoms with Gasteiger partial charge in [0.2, 0.25) is 0 Å². The first-order chi connectivity index (χ1) is 7.84. The summed E-state index contributed by atoms with van der Waals surface area (Å²) >= 11 is 0. The summed E-state index contributed by atoms with van der Waals surface area (Å²) in [4.78, 5) is 0. The predicted octanol–water partition coefficient (Wildman–Crippen LogP) is 4.29. The lowest BCUT2D eigenvalue weighted by atomic mass is 9.42. The summed E-state index contributed by atoms with van der Waals surface area (Å²) in [6.45, 7) is 7.13. The Kier molecular flexibility index (Phi) is 6.81. The van der Waals surface area contributed by atoms with Crippen molar-refractivity contribution in [2.45, 2.75) is 39.7 Å². The lowest BCUT2D eigenvalue weighted by Gasteiger charge is -2.18. The third-order valence-electron chi connectivity index (χ3n) is 3.10. The van der Waals surface area contributed by atoms with Crippen molar-refractivity contribution in [3.63, 3.8) is 0 Å².